The van der Waals surface area contributed by atoms with Crippen LogP contribution in [0, 0.1) is 0 Å². The molecule has 4 nitrogen and oxygen atoms in total. The summed E-state index contributed by atoms with van der Waals surface area (Å²) < 4.78 is 43.0. The number of nitrogens with zero attached hydrogens (tertiary/aromatic N) is 3. The normalized spacial score (nSPS) is 15.5. The van der Waals surface area contributed by atoms with Crippen LogP contribution in [0.3, 0.4) is 0 Å². The molecule has 5 rings (SSSR count). The number of fused-ring (bicyclic) bond motifs is 1. The summed E-state index contributed by atoms with van der Waals surface area (Å²) in [5, 5.41) is 16.9. The molecule has 3 aromatic carbocycles. The predicted molar refractivity (Wildman–Crippen MR) is 117 cm³/mol. The molecule has 4 aromatic rings. The summed E-state index contributed by atoms with van der Waals surface area (Å²) in [6.07, 6.45) is 3.70. The van der Waals surface area contributed by atoms with Crippen LogP contribution in [0.5, 0.6) is 0 Å². The lowest BCUT2D eigenvalue weighted by molar-refractivity contribution is -0.731. The second-order valence-electron chi connectivity index (χ2n) is 7.77. The van der Waals surface area contributed by atoms with Crippen molar-refractivity contribution in [1.82, 2.24) is 9.78 Å². The van der Waals surface area contributed by atoms with Crippen LogP contribution in [-0.4, -0.2) is 22.1 Å². The quantitative estimate of drug-likeness (QED) is 0.271. The first-order valence-electron chi connectivity index (χ1n) is 10.5. The van der Waals surface area contributed by atoms with Crippen molar-refractivity contribution < 1.29 is 26.9 Å². The van der Waals surface area contributed by atoms with Crippen LogP contribution < -0.4 is 4.57 Å². The Bertz CT molecular complexity index is 1140. The van der Waals surface area contributed by atoms with Crippen LogP contribution in [0.15, 0.2) is 97.3 Å². The van der Waals surface area contributed by atoms with E-state index in [0.29, 0.717) is 0 Å². The Morgan fingerprint density at radius 1 is 0.818 bits per heavy atom. The van der Waals surface area contributed by atoms with Crippen molar-refractivity contribution in [2.24, 2.45) is 0 Å². The van der Waals surface area contributed by atoms with Gasteiger partial charge in [-0.25, -0.2) is 4.57 Å². The Hall–Kier alpha value is -3.46. The lowest BCUT2D eigenvalue weighted by atomic mass is 9.79. The largest absolute Gasteiger partial charge is 0.673 e. The van der Waals surface area contributed by atoms with E-state index in [2.05, 4.69) is 4.57 Å². The average molecular weight is 455 g/mol. The molecular formula is C24H22BF4N3O. The Labute approximate surface area is 188 Å². The maximum atomic E-state index is 12.1. The number of para-hydroxylation sites is 1. The van der Waals surface area contributed by atoms with Gasteiger partial charge in [-0.2, -0.15) is 0 Å². The highest BCUT2D eigenvalue weighted by Crippen LogP contribution is 2.41. The molecule has 9 heteroatoms. The lowest BCUT2D eigenvalue weighted by Crippen LogP contribution is -2.50. The summed E-state index contributed by atoms with van der Waals surface area (Å²) in [6.45, 7) is 0. The Kier molecular flexibility index (Phi) is 6.33. The molecule has 0 saturated heterocycles. The van der Waals surface area contributed by atoms with Gasteiger partial charge in [-0.15, -0.1) is 0 Å². The first kappa shape index (κ1) is 22.7. The summed E-state index contributed by atoms with van der Waals surface area (Å²) in [5.74, 6) is 0.999. The molecular weight excluding hydrogens is 433 g/mol. The fraction of sp³-hybridized carbons (Fsp3) is 0.167. The topological polar surface area (TPSA) is 41.9 Å². The van der Waals surface area contributed by atoms with Gasteiger partial charge in [-0.05, 0) is 29.7 Å². The van der Waals surface area contributed by atoms with Crippen LogP contribution in [0.1, 0.15) is 29.4 Å². The molecule has 0 radical (unpaired) electrons. The molecule has 0 saturated carbocycles. The Morgan fingerprint density at radius 2 is 1.27 bits per heavy atom. The van der Waals surface area contributed by atoms with Crippen LogP contribution in [0.2, 0.25) is 0 Å². The van der Waals surface area contributed by atoms with Gasteiger partial charge in [0.25, 0.3) is 5.82 Å². The maximum absolute atomic E-state index is 12.1. The van der Waals surface area contributed by atoms with Crippen LogP contribution in [0.4, 0.5) is 17.3 Å². The van der Waals surface area contributed by atoms with Crippen molar-refractivity contribution >= 4 is 7.25 Å². The summed E-state index contributed by atoms with van der Waals surface area (Å²) in [7, 11) is -6.00. The van der Waals surface area contributed by atoms with E-state index in [0.717, 1.165) is 35.5 Å². The lowest BCUT2D eigenvalue weighted by Gasteiger charge is -2.34. The van der Waals surface area contributed by atoms with Crippen molar-refractivity contribution in [3.8, 4) is 5.69 Å². The molecule has 0 unspecified atom stereocenters. The molecule has 0 bridgehead atoms. The minimum absolute atomic E-state index is 0.121. The second-order valence-corrected chi connectivity index (χ2v) is 7.77. The summed E-state index contributed by atoms with van der Waals surface area (Å²) >= 11 is 0. The smallest absolute Gasteiger partial charge is 0.418 e. The van der Waals surface area contributed by atoms with Crippen molar-refractivity contribution in [2.45, 2.75) is 24.5 Å². The predicted octanol–water partition coefficient (Wildman–Crippen LogP) is 4.88. The van der Waals surface area contributed by atoms with Crippen molar-refractivity contribution in [1.29, 1.82) is 0 Å². The highest BCUT2D eigenvalue weighted by molar-refractivity contribution is 6.50. The molecule has 0 amide bonds. The van der Waals surface area contributed by atoms with Crippen molar-refractivity contribution in [2.75, 3.05) is 0 Å². The van der Waals surface area contributed by atoms with E-state index in [1.54, 1.807) is 0 Å². The molecule has 170 valence electrons. The van der Waals surface area contributed by atoms with E-state index in [1.807, 2.05) is 102 Å². The first-order valence-corrected chi connectivity index (χ1v) is 10.5. The van der Waals surface area contributed by atoms with Gasteiger partial charge in [0.15, 0.2) is 0 Å². The molecule has 1 aromatic heterocycles. The number of rotatable bonds is 4. The third-order valence-electron chi connectivity index (χ3n) is 5.66. The zero-order chi connectivity index (χ0) is 23.5. The summed E-state index contributed by atoms with van der Waals surface area (Å²) in [4.78, 5) is 0. The molecule has 0 spiro atoms. The number of aliphatic hydroxyl groups is 1. The average Bonchev–Trinajstić information content (AvgIpc) is 3.41. The van der Waals surface area contributed by atoms with E-state index in [-0.39, 0.29) is 6.04 Å². The summed E-state index contributed by atoms with van der Waals surface area (Å²) in [6, 6.07) is 29.9. The molecule has 1 aliphatic heterocycles. The fourth-order valence-electron chi connectivity index (χ4n) is 4.28. The van der Waals surface area contributed by atoms with Crippen LogP contribution >= 0.6 is 0 Å². The molecule has 0 aliphatic carbocycles. The minimum atomic E-state index is -6.00. The first-order chi connectivity index (χ1) is 15.8. The molecule has 2 heterocycles. The fourth-order valence-corrected chi connectivity index (χ4v) is 4.28. The van der Waals surface area contributed by atoms with Gasteiger partial charge >= 0.3 is 7.25 Å². The maximum Gasteiger partial charge on any atom is 0.673 e. The van der Waals surface area contributed by atoms with Crippen LogP contribution in [0.25, 0.3) is 5.69 Å². The minimum Gasteiger partial charge on any atom is -0.418 e. The summed E-state index contributed by atoms with van der Waals surface area (Å²) in [5.41, 5.74) is 1.70. The number of benzene rings is 3. The number of halogens is 4. The number of hydrogen-bond donors (Lipinski definition) is 1. The van der Waals surface area contributed by atoms with Crippen LogP contribution in [-0.2, 0) is 12.0 Å². The Balaban J connectivity index is 0.000000471. The van der Waals surface area contributed by atoms with Gasteiger partial charge in [0.1, 0.15) is 17.3 Å². The van der Waals surface area contributed by atoms with Gasteiger partial charge in [-0.1, -0.05) is 83.5 Å². The highest BCUT2D eigenvalue weighted by atomic mass is 19.5. The third kappa shape index (κ3) is 4.98. The van der Waals surface area contributed by atoms with E-state index in [1.165, 1.54) is 0 Å². The molecule has 1 atom stereocenters. The molecule has 33 heavy (non-hydrogen) atoms. The molecule has 1 aliphatic rings. The molecule has 0 fully saturated rings. The third-order valence-corrected chi connectivity index (χ3v) is 5.66. The van der Waals surface area contributed by atoms with Crippen molar-refractivity contribution in [3.05, 3.63) is 114 Å². The van der Waals surface area contributed by atoms with E-state index in [4.69, 9.17) is 5.10 Å². The zero-order valence-corrected chi connectivity index (χ0v) is 17.6. The van der Waals surface area contributed by atoms with Gasteiger partial charge in [0, 0.05) is 11.5 Å². The van der Waals surface area contributed by atoms with Gasteiger partial charge in [0.05, 0.1) is 0 Å². The van der Waals surface area contributed by atoms with E-state index >= 15 is 0 Å². The standard InChI is InChI=1S/C24H22N3O.BF4/c28-24(19-10-4-1-5-11-19,20-12-6-2-7-13-20)22-16-17-23-25-27(18-26(22)23)21-14-8-3-9-15-21;2-1(3,4)5/h1-15,18,22,28H,16-17H2;/q+1;-1/t22-;/m0./s1. The van der Waals surface area contributed by atoms with E-state index < -0.39 is 12.9 Å². The number of aryl methyl sites for hydroxylation is 1. The SMILES string of the molecule is F[B-](F)(F)F.OC(c1ccccc1)(c1ccccc1)[C@@H]1CCc2nn(-c3ccccc3)c[n+]21. The number of aromatic nitrogens is 3. The highest BCUT2D eigenvalue weighted by Gasteiger charge is 2.48. The monoisotopic (exact) mass is 455 g/mol. The van der Waals surface area contributed by atoms with Crippen molar-refractivity contribution in [3.63, 3.8) is 0 Å². The second kappa shape index (κ2) is 9.19. The zero-order valence-electron chi connectivity index (χ0n) is 17.6. The van der Waals surface area contributed by atoms with Gasteiger partial charge in [-0.3, -0.25) is 0 Å². The van der Waals surface area contributed by atoms with Gasteiger partial charge in [0.2, 0.25) is 6.33 Å². The Morgan fingerprint density at radius 3 is 1.76 bits per heavy atom. The van der Waals surface area contributed by atoms with Gasteiger partial charge < -0.3 is 22.4 Å². The number of hydrogen-bond acceptors (Lipinski definition) is 2. The van der Waals surface area contributed by atoms with E-state index in [9.17, 15) is 22.4 Å². The molecule has 1 N–H and O–H groups in total.